The summed E-state index contributed by atoms with van der Waals surface area (Å²) in [6, 6.07) is 1.13. The van der Waals surface area contributed by atoms with Crippen molar-refractivity contribution in [1.29, 1.82) is 0 Å². The van der Waals surface area contributed by atoms with Gasteiger partial charge in [-0.15, -0.1) is 0 Å². The van der Waals surface area contributed by atoms with Crippen LogP contribution < -0.4 is 10.9 Å². The van der Waals surface area contributed by atoms with Gasteiger partial charge in [0.2, 0.25) is 0 Å². The van der Waals surface area contributed by atoms with Crippen LogP contribution in [0, 0.1) is 17.8 Å². The van der Waals surface area contributed by atoms with Crippen LogP contribution >= 0.6 is 0 Å². The van der Waals surface area contributed by atoms with Gasteiger partial charge in [-0.3, -0.25) is 9.59 Å². The number of aliphatic carboxylic acids is 1. The first-order chi connectivity index (χ1) is 10.1. The molecule has 1 aliphatic carbocycles. The van der Waals surface area contributed by atoms with Gasteiger partial charge in [-0.1, -0.05) is 6.42 Å². The molecule has 0 bridgehead atoms. The molecule has 2 heterocycles. The van der Waals surface area contributed by atoms with Crippen LogP contribution in [0.3, 0.4) is 0 Å². The third-order valence-corrected chi connectivity index (χ3v) is 5.09. The SMILES string of the molecule is O=C(O)[C@@H]1C[C@H]2C[C@H](CCc3cc(=O)[nH]o3)CC[C@H]2CN1. The third-order valence-electron chi connectivity index (χ3n) is 5.09. The molecule has 0 radical (unpaired) electrons. The predicted octanol–water partition coefficient (Wildman–Crippen LogP) is 1.38. The molecule has 116 valence electrons. The molecule has 0 unspecified atom stereocenters. The van der Waals surface area contributed by atoms with Crippen LogP contribution in [0.2, 0.25) is 0 Å². The average molecular weight is 294 g/mol. The summed E-state index contributed by atoms with van der Waals surface area (Å²) in [5.41, 5.74) is -0.184. The minimum atomic E-state index is -0.732. The van der Waals surface area contributed by atoms with E-state index in [2.05, 4.69) is 10.5 Å². The number of piperidine rings is 1. The van der Waals surface area contributed by atoms with Gasteiger partial charge in [0.25, 0.3) is 5.56 Å². The maximum absolute atomic E-state index is 11.1. The van der Waals surface area contributed by atoms with Gasteiger partial charge in [-0.05, 0) is 50.0 Å². The lowest BCUT2D eigenvalue weighted by molar-refractivity contribution is -0.141. The molecule has 1 aliphatic heterocycles. The summed E-state index contributed by atoms with van der Waals surface area (Å²) in [6.45, 7) is 0.834. The molecule has 1 aromatic heterocycles. The summed E-state index contributed by atoms with van der Waals surface area (Å²) >= 11 is 0. The summed E-state index contributed by atoms with van der Waals surface area (Å²) in [5, 5.41) is 14.6. The van der Waals surface area contributed by atoms with Crippen LogP contribution in [0.5, 0.6) is 0 Å². The first-order valence-electron chi connectivity index (χ1n) is 7.75. The molecular weight excluding hydrogens is 272 g/mol. The second kappa shape index (κ2) is 6.05. The van der Waals surface area contributed by atoms with Crippen molar-refractivity contribution in [1.82, 2.24) is 10.5 Å². The van der Waals surface area contributed by atoms with Crippen molar-refractivity contribution in [2.75, 3.05) is 6.54 Å². The van der Waals surface area contributed by atoms with Gasteiger partial charge in [-0.25, -0.2) is 0 Å². The zero-order valence-corrected chi connectivity index (χ0v) is 12.0. The molecule has 21 heavy (non-hydrogen) atoms. The standard InChI is InChI=1S/C15H22N2O4/c18-14-7-12(21-17-14)4-2-9-1-3-10-8-16-13(15(19)20)6-11(10)5-9/h7,9-11,13,16H,1-6,8H2,(H,17,18)(H,19,20)/t9-,10-,11+,13-/m0/s1. The van der Waals surface area contributed by atoms with Gasteiger partial charge in [0.05, 0.1) is 0 Å². The lowest BCUT2D eigenvalue weighted by Gasteiger charge is -2.41. The lowest BCUT2D eigenvalue weighted by Crippen LogP contribution is -2.49. The van der Waals surface area contributed by atoms with Gasteiger partial charge >= 0.3 is 5.97 Å². The van der Waals surface area contributed by atoms with E-state index in [-0.39, 0.29) is 11.6 Å². The number of H-pyrrole nitrogens is 1. The second-order valence-corrected chi connectivity index (χ2v) is 6.45. The fraction of sp³-hybridized carbons (Fsp3) is 0.733. The van der Waals surface area contributed by atoms with Crippen molar-refractivity contribution in [3.63, 3.8) is 0 Å². The Morgan fingerprint density at radius 2 is 2.19 bits per heavy atom. The van der Waals surface area contributed by atoms with E-state index in [1.165, 1.54) is 18.9 Å². The fourth-order valence-corrected chi connectivity index (χ4v) is 3.90. The van der Waals surface area contributed by atoms with Gasteiger partial charge in [0.15, 0.2) is 0 Å². The highest BCUT2D eigenvalue weighted by atomic mass is 16.5. The number of aryl methyl sites for hydroxylation is 1. The summed E-state index contributed by atoms with van der Waals surface area (Å²) in [6.07, 6.45) is 6.00. The number of aromatic amines is 1. The van der Waals surface area contributed by atoms with Crippen LogP contribution in [-0.2, 0) is 11.2 Å². The number of carboxylic acid groups (broad SMARTS) is 1. The molecular formula is C15H22N2O4. The molecule has 1 saturated carbocycles. The molecule has 3 rings (SSSR count). The smallest absolute Gasteiger partial charge is 0.320 e. The second-order valence-electron chi connectivity index (χ2n) is 6.45. The first kappa shape index (κ1) is 14.4. The normalized spacial score (nSPS) is 32.6. The zero-order chi connectivity index (χ0) is 14.8. The Morgan fingerprint density at radius 3 is 2.90 bits per heavy atom. The van der Waals surface area contributed by atoms with Crippen molar-refractivity contribution in [2.45, 2.75) is 44.6 Å². The van der Waals surface area contributed by atoms with Gasteiger partial charge in [0.1, 0.15) is 11.8 Å². The van der Waals surface area contributed by atoms with E-state index < -0.39 is 5.97 Å². The topological polar surface area (TPSA) is 95.3 Å². The van der Waals surface area contributed by atoms with Gasteiger partial charge in [0, 0.05) is 12.5 Å². The lowest BCUT2D eigenvalue weighted by atomic mass is 9.69. The van der Waals surface area contributed by atoms with E-state index in [1.807, 2.05) is 0 Å². The highest BCUT2D eigenvalue weighted by Crippen LogP contribution is 2.40. The Bertz CT molecular complexity index is 550. The molecule has 0 aromatic carbocycles. The number of nitrogens with one attached hydrogen (secondary N) is 2. The molecule has 3 N–H and O–H groups in total. The molecule has 6 heteroatoms. The monoisotopic (exact) mass is 294 g/mol. The highest BCUT2D eigenvalue weighted by molar-refractivity contribution is 5.73. The number of carbonyl (C=O) groups is 1. The Kier molecular flexibility index (Phi) is 4.14. The van der Waals surface area contributed by atoms with Crippen molar-refractivity contribution in [3.8, 4) is 0 Å². The molecule has 6 nitrogen and oxygen atoms in total. The predicted molar refractivity (Wildman–Crippen MR) is 76.0 cm³/mol. The summed E-state index contributed by atoms with van der Waals surface area (Å²) in [7, 11) is 0. The van der Waals surface area contributed by atoms with Gasteiger partial charge in [-0.2, -0.15) is 5.16 Å². The van der Waals surface area contributed by atoms with Crippen LogP contribution in [0.4, 0.5) is 0 Å². The van der Waals surface area contributed by atoms with Crippen molar-refractivity contribution >= 4 is 5.97 Å². The van der Waals surface area contributed by atoms with E-state index in [1.54, 1.807) is 0 Å². The minimum absolute atomic E-state index is 0.184. The molecule has 0 amide bonds. The summed E-state index contributed by atoms with van der Waals surface area (Å²) < 4.78 is 5.09. The third kappa shape index (κ3) is 3.37. The largest absolute Gasteiger partial charge is 0.480 e. The fourth-order valence-electron chi connectivity index (χ4n) is 3.90. The van der Waals surface area contributed by atoms with Crippen LogP contribution in [0.25, 0.3) is 0 Å². The van der Waals surface area contributed by atoms with E-state index >= 15 is 0 Å². The number of carboxylic acids is 1. The highest BCUT2D eigenvalue weighted by Gasteiger charge is 2.37. The van der Waals surface area contributed by atoms with E-state index in [0.717, 1.165) is 38.0 Å². The van der Waals surface area contributed by atoms with E-state index in [4.69, 9.17) is 9.63 Å². The number of hydrogen-bond acceptors (Lipinski definition) is 4. The number of hydrogen-bond donors (Lipinski definition) is 3. The van der Waals surface area contributed by atoms with Crippen molar-refractivity contribution in [3.05, 3.63) is 22.2 Å². The maximum Gasteiger partial charge on any atom is 0.320 e. The summed E-state index contributed by atoms with van der Waals surface area (Å²) in [5.74, 6) is 1.74. The first-order valence-corrected chi connectivity index (χ1v) is 7.75. The average Bonchev–Trinajstić information content (AvgIpc) is 2.90. The van der Waals surface area contributed by atoms with E-state index in [0.29, 0.717) is 17.8 Å². The quantitative estimate of drug-likeness (QED) is 0.779. The molecule has 4 atom stereocenters. The number of rotatable bonds is 4. The molecule has 1 saturated heterocycles. The number of aromatic nitrogens is 1. The van der Waals surface area contributed by atoms with Crippen molar-refractivity contribution in [2.24, 2.45) is 17.8 Å². The molecule has 0 spiro atoms. The van der Waals surface area contributed by atoms with Crippen LogP contribution in [-0.4, -0.2) is 28.8 Å². The Balaban J connectivity index is 1.52. The Labute approximate surface area is 122 Å². The Hall–Kier alpha value is -1.56. The number of fused-ring (bicyclic) bond motifs is 1. The van der Waals surface area contributed by atoms with Gasteiger partial charge < -0.3 is 14.9 Å². The molecule has 2 aliphatic rings. The van der Waals surface area contributed by atoms with E-state index in [9.17, 15) is 9.59 Å². The zero-order valence-electron chi connectivity index (χ0n) is 12.0. The summed E-state index contributed by atoms with van der Waals surface area (Å²) in [4.78, 5) is 22.1. The molecule has 1 aromatic rings. The maximum atomic E-state index is 11.1. The van der Waals surface area contributed by atoms with Crippen LogP contribution in [0.1, 0.15) is 37.9 Å². The molecule has 2 fully saturated rings. The van der Waals surface area contributed by atoms with Crippen molar-refractivity contribution < 1.29 is 14.4 Å². The minimum Gasteiger partial charge on any atom is -0.480 e. The van der Waals surface area contributed by atoms with Crippen LogP contribution in [0.15, 0.2) is 15.4 Å². The Morgan fingerprint density at radius 1 is 1.33 bits per heavy atom.